The number of carbonyl (C=O) groups is 1. The maximum atomic E-state index is 13.3. The number of nitrogens with zero attached hydrogens (tertiary/aromatic N) is 4. The van der Waals surface area contributed by atoms with Crippen molar-refractivity contribution >= 4 is 23.4 Å². The normalized spacial score (nSPS) is 16.5. The first-order chi connectivity index (χ1) is 14.0. The van der Waals surface area contributed by atoms with Crippen molar-refractivity contribution in [3.05, 3.63) is 84.8 Å². The van der Waals surface area contributed by atoms with Crippen LogP contribution in [0.1, 0.15) is 31.0 Å². The number of aryl methyl sites for hydroxylation is 1. The number of esters is 1. The van der Waals surface area contributed by atoms with Gasteiger partial charge in [-0.2, -0.15) is 5.10 Å². The van der Waals surface area contributed by atoms with E-state index in [1.165, 1.54) is 11.3 Å². The zero-order valence-electron chi connectivity index (χ0n) is 16.3. The molecule has 2 aromatic heterocycles. The Labute approximate surface area is 170 Å². The van der Waals surface area contributed by atoms with Crippen LogP contribution in [0, 0.1) is 0 Å². The highest BCUT2D eigenvalue weighted by atomic mass is 32.1. The van der Waals surface area contributed by atoms with E-state index in [-0.39, 0.29) is 12.2 Å². The number of fused-ring (bicyclic) bond motifs is 1. The van der Waals surface area contributed by atoms with E-state index in [1.54, 1.807) is 35.4 Å². The van der Waals surface area contributed by atoms with Crippen molar-refractivity contribution in [2.24, 2.45) is 12.0 Å². The van der Waals surface area contributed by atoms with Gasteiger partial charge in [-0.1, -0.05) is 41.7 Å². The molecule has 7 nitrogen and oxygen atoms in total. The number of allylic oxidation sites excluding steroid dienone is 1. The van der Waals surface area contributed by atoms with Crippen LogP contribution in [0.25, 0.3) is 6.08 Å². The van der Waals surface area contributed by atoms with Crippen LogP contribution < -0.4 is 14.9 Å². The summed E-state index contributed by atoms with van der Waals surface area (Å²) in [5.41, 5.74) is 2.42. The number of ether oxygens (including phenoxy) is 1. The lowest BCUT2D eigenvalue weighted by molar-refractivity contribution is -0.139. The summed E-state index contributed by atoms with van der Waals surface area (Å²) in [5, 5.41) is 4.14. The molecule has 0 fully saturated rings. The third-order valence-corrected chi connectivity index (χ3v) is 5.64. The second-order valence-corrected chi connectivity index (χ2v) is 7.67. The molecule has 1 unspecified atom stereocenters. The van der Waals surface area contributed by atoms with Crippen molar-refractivity contribution in [3.8, 4) is 0 Å². The summed E-state index contributed by atoms with van der Waals surface area (Å²) in [6, 6.07) is 8.90. The Hall–Kier alpha value is -3.26. The van der Waals surface area contributed by atoms with Gasteiger partial charge in [-0.25, -0.2) is 9.79 Å². The summed E-state index contributed by atoms with van der Waals surface area (Å²) in [4.78, 5) is 31.2. The van der Waals surface area contributed by atoms with E-state index in [2.05, 4.69) is 10.1 Å². The molecule has 1 aliphatic rings. The predicted octanol–water partition coefficient (Wildman–Crippen LogP) is 1.53. The standard InChI is InChI=1S/C21H20N4O3S/c1-4-28-20(27)17-13(2)23-21-25(18(17)15-8-6-5-7-9-15)19(26)16(29-21)10-14-11-22-24(3)12-14/h5-12,18H,4H2,1-3H3/b16-10+. The molecule has 3 aromatic rings. The lowest BCUT2D eigenvalue weighted by atomic mass is 9.96. The third kappa shape index (κ3) is 3.47. The SMILES string of the molecule is CCOC(=O)C1=C(C)N=c2s/c(=C/c3cnn(C)c3)c(=O)n2C1c1ccccc1. The van der Waals surface area contributed by atoms with Gasteiger partial charge in [0.05, 0.1) is 34.6 Å². The van der Waals surface area contributed by atoms with Gasteiger partial charge in [0, 0.05) is 18.8 Å². The number of benzene rings is 1. The summed E-state index contributed by atoms with van der Waals surface area (Å²) in [5.74, 6) is -0.454. The Kier molecular flexibility index (Phi) is 5.02. The van der Waals surface area contributed by atoms with Gasteiger partial charge in [0.15, 0.2) is 4.80 Å². The van der Waals surface area contributed by atoms with E-state index in [0.29, 0.717) is 20.6 Å². The topological polar surface area (TPSA) is 78.5 Å². The fourth-order valence-corrected chi connectivity index (χ4v) is 4.45. The summed E-state index contributed by atoms with van der Waals surface area (Å²) >= 11 is 1.30. The molecule has 0 aliphatic carbocycles. The Morgan fingerprint density at radius 1 is 1.31 bits per heavy atom. The van der Waals surface area contributed by atoms with Crippen LogP contribution in [0.2, 0.25) is 0 Å². The van der Waals surface area contributed by atoms with Gasteiger partial charge in [-0.3, -0.25) is 14.0 Å². The number of carbonyl (C=O) groups excluding carboxylic acids is 1. The van der Waals surface area contributed by atoms with Gasteiger partial charge in [-0.05, 0) is 25.5 Å². The molecule has 0 N–H and O–H groups in total. The lowest BCUT2D eigenvalue weighted by Gasteiger charge is -2.24. The van der Waals surface area contributed by atoms with E-state index in [1.807, 2.05) is 43.6 Å². The number of hydrogen-bond donors (Lipinski definition) is 0. The smallest absolute Gasteiger partial charge is 0.338 e. The van der Waals surface area contributed by atoms with Gasteiger partial charge in [-0.15, -0.1) is 0 Å². The quantitative estimate of drug-likeness (QED) is 0.614. The van der Waals surface area contributed by atoms with Crippen LogP contribution in [0.5, 0.6) is 0 Å². The first-order valence-electron chi connectivity index (χ1n) is 9.23. The maximum Gasteiger partial charge on any atom is 0.338 e. The van der Waals surface area contributed by atoms with E-state index in [9.17, 15) is 9.59 Å². The Morgan fingerprint density at radius 2 is 2.07 bits per heavy atom. The first kappa shape index (κ1) is 19.1. The number of thiazole rings is 1. The summed E-state index contributed by atoms with van der Waals surface area (Å²) in [6.07, 6.45) is 5.33. The fraction of sp³-hybridized carbons (Fsp3) is 0.238. The number of hydrogen-bond acceptors (Lipinski definition) is 6. The molecule has 0 saturated heterocycles. The van der Waals surface area contributed by atoms with E-state index >= 15 is 0 Å². The molecule has 4 rings (SSSR count). The molecule has 0 radical (unpaired) electrons. The second kappa shape index (κ2) is 7.63. The van der Waals surface area contributed by atoms with Crippen molar-refractivity contribution in [1.82, 2.24) is 14.3 Å². The highest BCUT2D eigenvalue weighted by Gasteiger charge is 2.33. The molecule has 0 spiro atoms. The Morgan fingerprint density at radius 3 is 2.72 bits per heavy atom. The van der Waals surface area contributed by atoms with E-state index in [0.717, 1.165) is 11.1 Å². The molecule has 1 aliphatic heterocycles. The molecule has 0 bridgehead atoms. The molecule has 1 aromatic carbocycles. The van der Waals surface area contributed by atoms with Crippen LogP contribution in [0.4, 0.5) is 0 Å². The molecule has 0 saturated carbocycles. The van der Waals surface area contributed by atoms with Crippen LogP contribution >= 0.6 is 11.3 Å². The van der Waals surface area contributed by atoms with Gasteiger partial charge < -0.3 is 4.74 Å². The van der Waals surface area contributed by atoms with Crippen LogP contribution in [0.15, 0.2) is 63.8 Å². The Bertz CT molecular complexity index is 1280. The average molecular weight is 408 g/mol. The molecule has 0 amide bonds. The maximum absolute atomic E-state index is 13.3. The first-order valence-corrected chi connectivity index (χ1v) is 10.0. The Balaban J connectivity index is 1.96. The predicted molar refractivity (Wildman–Crippen MR) is 110 cm³/mol. The molecule has 1 atom stereocenters. The minimum atomic E-state index is -0.581. The zero-order valence-corrected chi connectivity index (χ0v) is 17.1. The number of aromatic nitrogens is 3. The fourth-order valence-electron chi connectivity index (χ4n) is 3.41. The molecular weight excluding hydrogens is 388 g/mol. The van der Waals surface area contributed by atoms with Crippen LogP contribution in [-0.2, 0) is 16.6 Å². The van der Waals surface area contributed by atoms with E-state index < -0.39 is 12.0 Å². The van der Waals surface area contributed by atoms with Crippen molar-refractivity contribution in [1.29, 1.82) is 0 Å². The molecular formula is C21H20N4O3S. The zero-order chi connectivity index (χ0) is 20.5. The van der Waals surface area contributed by atoms with Crippen molar-refractivity contribution in [2.75, 3.05) is 6.61 Å². The van der Waals surface area contributed by atoms with Crippen molar-refractivity contribution in [2.45, 2.75) is 19.9 Å². The lowest BCUT2D eigenvalue weighted by Crippen LogP contribution is -2.39. The minimum absolute atomic E-state index is 0.194. The van der Waals surface area contributed by atoms with Crippen molar-refractivity contribution in [3.63, 3.8) is 0 Å². The minimum Gasteiger partial charge on any atom is -0.463 e. The average Bonchev–Trinajstić information content (AvgIpc) is 3.24. The summed E-state index contributed by atoms with van der Waals surface area (Å²) in [7, 11) is 1.82. The monoisotopic (exact) mass is 408 g/mol. The largest absolute Gasteiger partial charge is 0.463 e. The third-order valence-electron chi connectivity index (χ3n) is 4.65. The molecule has 29 heavy (non-hydrogen) atoms. The van der Waals surface area contributed by atoms with E-state index in [4.69, 9.17) is 4.74 Å². The highest BCUT2D eigenvalue weighted by Crippen LogP contribution is 2.30. The van der Waals surface area contributed by atoms with Crippen LogP contribution in [-0.4, -0.2) is 26.9 Å². The van der Waals surface area contributed by atoms with Gasteiger partial charge in [0.2, 0.25) is 0 Å². The highest BCUT2D eigenvalue weighted by molar-refractivity contribution is 7.07. The number of rotatable bonds is 4. The molecule has 3 heterocycles. The molecule has 148 valence electrons. The molecule has 8 heteroatoms. The summed E-state index contributed by atoms with van der Waals surface area (Å²) < 4.78 is 9.08. The van der Waals surface area contributed by atoms with Crippen LogP contribution in [0.3, 0.4) is 0 Å². The van der Waals surface area contributed by atoms with Gasteiger partial charge >= 0.3 is 5.97 Å². The summed E-state index contributed by atoms with van der Waals surface area (Å²) in [6.45, 7) is 3.79. The second-order valence-electron chi connectivity index (χ2n) is 6.66. The van der Waals surface area contributed by atoms with Gasteiger partial charge in [0.25, 0.3) is 5.56 Å². The van der Waals surface area contributed by atoms with Gasteiger partial charge in [0.1, 0.15) is 0 Å². The van der Waals surface area contributed by atoms with Crippen molar-refractivity contribution < 1.29 is 9.53 Å².